The molecule has 0 N–H and O–H groups in total. The molecule has 0 amide bonds. The highest BCUT2D eigenvalue weighted by Gasteiger charge is 2.21. The summed E-state index contributed by atoms with van der Waals surface area (Å²) < 4.78 is 10.9. The highest BCUT2D eigenvalue weighted by Crippen LogP contribution is 2.24. The molecule has 0 aliphatic carbocycles. The number of hydrogen-bond donors (Lipinski definition) is 0. The van der Waals surface area contributed by atoms with E-state index in [2.05, 4.69) is 16.8 Å². The molecule has 4 rings (SSSR count). The van der Waals surface area contributed by atoms with Gasteiger partial charge in [-0.3, -0.25) is 9.69 Å². The Hall–Kier alpha value is -2.96. The third kappa shape index (κ3) is 6.55. The molecular formula is C27H30ClN3O3. The van der Waals surface area contributed by atoms with Gasteiger partial charge in [0.25, 0.3) is 0 Å². The van der Waals surface area contributed by atoms with Gasteiger partial charge in [-0.25, -0.2) is 9.97 Å². The number of ether oxygens (including phenoxy) is 2. The Kier molecular flexibility index (Phi) is 8.14. The van der Waals surface area contributed by atoms with Crippen LogP contribution in [0.4, 0.5) is 0 Å². The van der Waals surface area contributed by atoms with Crippen LogP contribution in [0.15, 0.2) is 54.7 Å². The third-order valence-electron chi connectivity index (χ3n) is 5.83. The molecular weight excluding hydrogens is 450 g/mol. The third-order valence-corrected chi connectivity index (χ3v) is 6.09. The Morgan fingerprint density at radius 1 is 1.15 bits per heavy atom. The molecule has 0 saturated heterocycles. The van der Waals surface area contributed by atoms with Crippen LogP contribution in [-0.2, 0) is 29.1 Å². The molecule has 1 atom stereocenters. The first kappa shape index (κ1) is 24.2. The molecule has 34 heavy (non-hydrogen) atoms. The number of aromatic nitrogens is 2. The fraction of sp³-hybridized carbons (Fsp3) is 0.370. The first-order valence-electron chi connectivity index (χ1n) is 11.7. The van der Waals surface area contributed by atoms with Gasteiger partial charge in [0.2, 0.25) is 0 Å². The van der Waals surface area contributed by atoms with Crippen molar-refractivity contribution in [1.29, 1.82) is 0 Å². The number of hydrogen-bond acceptors (Lipinski definition) is 6. The second-order valence-electron chi connectivity index (χ2n) is 8.70. The van der Waals surface area contributed by atoms with Gasteiger partial charge in [0.1, 0.15) is 12.4 Å². The zero-order valence-electron chi connectivity index (χ0n) is 19.7. The van der Waals surface area contributed by atoms with Crippen molar-refractivity contribution in [2.75, 3.05) is 19.7 Å². The summed E-state index contributed by atoms with van der Waals surface area (Å²) in [6.07, 6.45) is 3.26. The van der Waals surface area contributed by atoms with Gasteiger partial charge in [-0.05, 0) is 54.8 Å². The van der Waals surface area contributed by atoms with E-state index in [0.29, 0.717) is 19.6 Å². The molecule has 0 saturated carbocycles. The molecule has 0 fully saturated rings. The lowest BCUT2D eigenvalue weighted by Crippen LogP contribution is -2.35. The van der Waals surface area contributed by atoms with Crippen LogP contribution >= 0.6 is 11.6 Å². The Morgan fingerprint density at radius 2 is 1.91 bits per heavy atom. The SMILES string of the molecule is CCOC(=O)CC(C)CN1CCc2nc(-c3ccc(OCc4ccc(Cl)cc4)cc3)ncc2C1. The van der Waals surface area contributed by atoms with E-state index in [9.17, 15) is 4.79 Å². The topological polar surface area (TPSA) is 64.5 Å². The fourth-order valence-electron chi connectivity index (χ4n) is 4.13. The van der Waals surface area contributed by atoms with E-state index < -0.39 is 0 Å². The number of fused-ring (bicyclic) bond motifs is 1. The highest BCUT2D eigenvalue weighted by atomic mass is 35.5. The molecule has 1 aliphatic heterocycles. The summed E-state index contributed by atoms with van der Waals surface area (Å²) in [5.74, 6) is 1.65. The standard InChI is InChI=1S/C27H30ClN3O3/c1-3-33-26(32)14-19(2)16-31-13-12-25-22(17-31)15-29-27(30-25)21-6-10-24(11-7-21)34-18-20-4-8-23(28)9-5-20/h4-11,15,19H,3,12-14,16-18H2,1-2H3. The van der Waals surface area contributed by atoms with Crippen molar-refractivity contribution < 1.29 is 14.3 Å². The zero-order chi connectivity index (χ0) is 23.9. The minimum atomic E-state index is -0.123. The summed E-state index contributed by atoms with van der Waals surface area (Å²) in [6, 6.07) is 15.5. The van der Waals surface area contributed by atoms with Gasteiger partial charge in [-0.2, -0.15) is 0 Å². The van der Waals surface area contributed by atoms with Crippen molar-refractivity contribution in [3.63, 3.8) is 0 Å². The molecule has 0 bridgehead atoms. The van der Waals surface area contributed by atoms with Gasteiger partial charge in [0.05, 0.1) is 12.3 Å². The van der Waals surface area contributed by atoms with Gasteiger partial charge >= 0.3 is 5.97 Å². The predicted octanol–water partition coefficient (Wildman–Crippen LogP) is 5.32. The molecule has 6 nitrogen and oxygen atoms in total. The molecule has 1 aliphatic rings. The van der Waals surface area contributed by atoms with Gasteiger partial charge in [-0.1, -0.05) is 30.7 Å². The number of carbonyl (C=O) groups excluding carboxylic acids is 1. The van der Waals surface area contributed by atoms with Gasteiger partial charge in [0.15, 0.2) is 5.82 Å². The molecule has 3 aromatic rings. The second-order valence-corrected chi connectivity index (χ2v) is 9.14. The largest absolute Gasteiger partial charge is 0.489 e. The normalized spacial score (nSPS) is 14.3. The Labute approximate surface area is 205 Å². The van der Waals surface area contributed by atoms with E-state index in [1.165, 1.54) is 0 Å². The average molecular weight is 480 g/mol. The average Bonchev–Trinajstić information content (AvgIpc) is 2.84. The number of carbonyl (C=O) groups is 1. The van der Waals surface area contributed by atoms with Crippen LogP contribution in [0.25, 0.3) is 11.4 Å². The van der Waals surface area contributed by atoms with Gasteiger partial charge < -0.3 is 9.47 Å². The summed E-state index contributed by atoms with van der Waals surface area (Å²) in [7, 11) is 0. The lowest BCUT2D eigenvalue weighted by molar-refractivity contribution is -0.144. The van der Waals surface area contributed by atoms with E-state index in [0.717, 1.165) is 65.0 Å². The van der Waals surface area contributed by atoms with Crippen LogP contribution in [-0.4, -0.2) is 40.5 Å². The minimum absolute atomic E-state index is 0.123. The van der Waals surface area contributed by atoms with E-state index in [1.54, 1.807) is 0 Å². The number of halogens is 1. The quantitative estimate of drug-likeness (QED) is 0.387. The summed E-state index contributed by atoms with van der Waals surface area (Å²) in [5.41, 5.74) is 4.28. The van der Waals surface area contributed by atoms with E-state index >= 15 is 0 Å². The molecule has 7 heteroatoms. The van der Waals surface area contributed by atoms with Gasteiger partial charge in [0, 0.05) is 54.8 Å². The predicted molar refractivity (Wildman–Crippen MR) is 133 cm³/mol. The van der Waals surface area contributed by atoms with E-state index in [1.807, 2.05) is 61.7 Å². The number of nitrogens with zero attached hydrogens (tertiary/aromatic N) is 3. The molecule has 1 aromatic heterocycles. The molecule has 0 radical (unpaired) electrons. The number of esters is 1. The van der Waals surface area contributed by atoms with Crippen LogP contribution in [0.3, 0.4) is 0 Å². The molecule has 1 unspecified atom stereocenters. The zero-order valence-corrected chi connectivity index (χ0v) is 20.4. The summed E-state index contributed by atoms with van der Waals surface area (Å²) in [5, 5.41) is 0.717. The van der Waals surface area contributed by atoms with Crippen molar-refractivity contribution in [2.45, 2.75) is 39.8 Å². The van der Waals surface area contributed by atoms with Gasteiger partial charge in [-0.15, -0.1) is 0 Å². The van der Waals surface area contributed by atoms with Crippen molar-refractivity contribution in [3.8, 4) is 17.1 Å². The Morgan fingerprint density at radius 3 is 2.65 bits per heavy atom. The van der Waals surface area contributed by atoms with Crippen LogP contribution in [0.5, 0.6) is 5.75 Å². The Bertz CT molecular complexity index is 1100. The number of benzene rings is 2. The van der Waals surface area contributed by atoms with Crippen LogP contribution < -0.4 is 4.74 Å². The lowest BCUT2D eigenvalue weighted by Gasteiger charge is -2.30. The summed E-state index contributed by atoms with van der Waals surface area (Å²) in [4.78, 5) is 23.5. The van der Waals surface area contributed by atoms with Crippen LogP contribution in [0.1, 0.15) is 37.1 Å². The smallest absolute Gasteiger partial charge is 0.306 e. The maximum atomic E-state index is 11.7. The van der Waals surface area contributed by atoms with E-state index in [4.69, 9.17) is 26.1 Å². The molecule has 0 spiro atoms. The molecule has 2 aromatic carbocycles. The molecule has 2 heterocycles. The minimum Gasteiger partial charge on any atom is -0.489 e. The first-order chi connectivity index (χ1) is 16.5. The first-order valence-corrected chi connectivity index (χ1v) is 12.1. The van der Waals surface area contributed by atoms with Crippen molar-refractivity contribution in [2.24, 2.45) is 5.92 Å². The Balaban J connectivity index is 1.33. The van der Waals surface area contributed by atoms with Crippen molar-refractivity contribution in [1.82, 2.24) is 14.9 Å². The molecule has 178 valence electrons. The fourth-order valence-corrected chi connectivity index (χ4v) is 4.25. The van der Waals surface area contributed by atoms with Crippen LogP contribution in [0, 0.1) is 5.92 Å². The second kappa shape index (κ2) is 11.4. The van der Waals surface area contributed by atoms with Crippen molar-refractivity contribution in [3.05, 3.63) is 76.6 Å². The summed E-state index contributed by atoms with van der Waals surface area (Å²) in [6.45, 7) is 7.44. The summed E-state index contributed by atoms with van der Waals surface area (Å²) >= 11 is 5.93. The van der Waals surface area contributed by atoms with E-state index in [-0.39, 0.29) is 11.9 Å². The maximum absolute atomic E-state index is 11.7. The monoisotopic (exact) mass is 479 g/mol. The van der Waals surface area contributed by atoms with Crippen LogP contribution in [0.2, 0.25) is 5.02 Å². The highest BCUT2D eigenvalue weighted by molar-refractivity contribution is 6.30. The lowest BCUT2D eigenvalue weighted by atomic mass is 10.0. The maximum Gasteiger partial charge on any atom is 0.306 e. The number of rotatable bonds is 9. The van der Waals surface area contributed by atoms with Crippen molar-refractivity contribution >= 4 is 17.6 Å².